The number of nitrogens with one attached hydrogen (secondary N) is 1. The number of halogens is 1. The van der Waals surface area contributed by atoms with Crippen LogP contribution in [0.4, 0.5) is 5.69 Å². The zero-order valence-corrected chi connectivity index (χ0v) is 17.2. The molecular formula is C23H20ClNO5. The van der Waals surface area contributed by atoms with Crippen LogP contribution in [-0.2, 0) is 11.3 Å². The fourth-order valence-electron chi connectivity index (χ4n) is 2.79. The summed E-state index contributed by atoms with van der Waals surface area (Å²) < 4.78 is 16.0. The molecule has 0 atom stereocenters. The van der Waals surface area contributed by atoms with Gasteiger partial charge in [-0.05, 0) is 17.7 Å². The normalized spacial score (nSPS) is 10.2. The molecule has 3 aromatic carbocycles. The van der Waals surface area contributed by atoms with Gasteiger partial charge in [0.25, 0.3) is 5.91 Å². The van der Waals surface area contributed by atoms with E-state index in [0.29, 0.717) is 16.5 Å². The van der Waals surface area contributed by atoms with Gasteiger partial charge in [0, 0.05) is 12.1 Å². The maximum Gasteiger partial charge on any atom is 0.340 e. The molecule has 0 saturated carbocycles. The predicted octanol–water partition coefficient (Wildman–Crippen LogP) is 4.97. The number of anilines is 1. The average molecular weight is 426 g/mol. The molecule has 6 nitrogen and oxygen atoms in total. The molecule has 0 heterocycles. The highest BCUT2D eigenvalue weighted by Gasteiger charge is 2.21. The molecule has 0 fully saturated rings. The van der Waals surface area contributed by atoms with Crippen molar-refractivity contribution in [2.45, 2.75) is 6.61 Å². The number of carbonyl (C=O) groups excluding carboxylic acids is 2. The minimum Gasteiger partial charge on any atom is -0.493 e. The smallest absolute Gasteiger partial charge is 0.340 e. The number of hydrogen-bond acceptors (Lipinski definition) is 5. The van der Waals surface area contributed by atoms with Gasteiger partial charge in [0.1, 0.15) is 6.61 Å². The van der Waals surface area contributed by atoms with Crippen molar-refractivity contribution in [3.63, 3.8) is 0 Å². The first-order chi connectivity index (χ1) is 14.5. The minimum absolute atomic E-state index is 0.0892. The monoisotopic (exact) mass is 425 g/mol. The summed E-state index contributed by atoms with van der Waals surface area (Å²) in [5.74, 6) is -0.398. The van der Waals surface area contributed by atoms with E-state index in [0.717, 1.165) is 5.56 Å². The summed E-state index contributed by atoms with van der Waals surface area (Å²) in [6, 6.07) is 18.9. The Bertz CT molecular complexity index is 1050. The Hall–Kier alpha value is -3.51. The molecule has 1 N–H and O–H groups in total. The molecule has 0 radical (unpaired) electrons. The first kappa shape index (κ1) is 21.2. The maximum atomic E-state index is 12.8. The number of carbonyl (C=O) groups is 2. The van der Waals surface area contributed by atoms with Gasteiger partial charge in [0.15, 0.2) is 11.5 Å². The third-order valence-corrected chi connectivity index (χ3v) is 4.65. The van der Waals surface area contributed by atoms with E-state index in [9.17, 15) is 9.59 Å². The Kier molecular flexibility index (Phi) is 6.93. The summed E-state index contributed by atoms with van der Waals surface area (Å²) in [4.78, 5) is 25.5. The van der Waals surface area contributed by atoms with E-state index in [1.807, 2.05) is 30.3 Å². The van der Waals surface area contributed by atoms with E-state index in [1.165, 1.54) is 26.4 Å². The van der Waals surface area contributed by atoms with Crippen LogP contribution in [0.5, 0.6) is 11.5 Å². The van der Waals surface area contributed by atoms with Crippen molar-refractivity contribution in [2.75, 3.05) is 19.5 Å². The molecule has 0 spiro atoms. The van der Waals surface area contributed by atoms with Gasteiger partial charge in [-0.15, -0.1) is 0 Å². The highest BCUT2D eigenvalue weighted by molar-refractivity contribution is 6.34. The molecule has 0 aliphatic rings. The van der Waals surface area contributed by atoms with Crippen LogP contribution in [0.1, 0.15) is 26.3 Å². The van der Waals surface area contributed by atoms with Gasteiger partial charge in [0.05, 0.1) is 36.1 Å². The molecule has 154 valence electrons. The van der Waals surface area contributed by atoms with Crippen LogP contribution in [-0.4, -0.2) is 26.1 Å². The summed E-state index contributed by atoms with van der Waals surface area (Å²) in [7, 11) is 2.92. The van der Waals surface area contributed by atoms with Crippen molar-refractivity contribution < 1.29 is 23.8 Å². The summed E-state index contributed by atoms with van der Waals surface area (Å²) >= 11 is 6.11. The highest BCUT2D eigenvalue weighted by atomic mass is 35.5. The van der Waals surface area contributed by atoms with Crippen LogP contribution in [0, 0.1) is 0 Å². The fourth-order valence-corrected chi connectivity index (χ4v) is 3.01. The second-order valence-electron chi connectivity index (χ2n) is 6.25. The number of benzene rings is 3. The van der Waals surface area contributed by atoms with Gasteiger partial charge in [0.2, 0.25) is 0 Å². The van der Waals surface area contributed by atoms with Crippen molar-refractivity contribution in [2.24, 2.45) is 0 Å². The molecule has 3 aromatic rings. The summed E-state index contributed by atoms with van der Waals surface area (Å²) in [6.07, 6.45) is 0. The lowest BCUT2D eigenvalue weighted by Gasteiger charge is -2.15. The number of hydrogen-bond donors (Lipinski definition) is 1. The van der Waals surface area contributed by atoms with Crippen molar-refractivity contribution in [3.8, 4) is 11.5 Å². The van der Waals surface area contributed by atoms with E-state index < -0.39 is 11.9 Å². The van der Waals surface area contributed by atoms with Gasteiger partial charge in [-0.2, -0.15) is 0 Å². The highest BCUT2D eigenvalue weighted by Crippen LogP contribution is 2.34. The molecule has 30 heavy (non-hydrogen) atoms. The van der Waals surface area contributed by atoms with Crippen LogP contribution < -0.4 is 14.8 Å². The van der Waals surface area contributed by atoms with E-state index in [4.69, 9.17) is 25.8 Å². The van der Waals surface area contributed by atoms with Crippen LogP contribution in [0.3, 0.4) is 0 Å². The van der Waals surface area contributed by atoms with Gasteiger partial charge >= 0.3 is 5.97 Å². The maximum absolute atomic E-state index is 12.8. The quantitative estimate of drug-likeness (QED) is 0.541. The SMILES string of the molecule is COc1cc(NC(=O)c2ccccc2Cl)c(C(=O)OCc2ccccc2)cc1OC. The number of ether oxygens (including phenoxy) is 3. The Balaban J connectivity index is 1.91. The molecule has 1 amide bonds. The van der Waals surface area contributed by atoms with E-state index in [2.05, 4.69) is 5.32 Å². The lowest BCUT2D eigenvalue weighted by Crippen LogP contribution is -2.16. The lowest BCUT2D eigenvalue weighted by atomic mass is 10.1. The van der Waals surface area contributed by atoms with Crippen molar-refractivity contribution in [1.29, 1.82) is 0 Å². The standard InChI is InChI=1S/C23H20ClNO5/c1-28-20-12-17(23(27)30-14-15-8-4-3-5-9-15)19(13-21(20)29-2)25-22(26)16-10-6-7-11-18(16)24/h3-13H,14H2,1-2H3,(H,25,26). The molecular weight excluding hydrogens is 406 g/mol. The molecule has 0 unspecified atom stereocenters. The first-order valence-electron chi connectivity index (χ1n) is 9.06. The zero-order valence-electron chi connectivity index (χ0n) is 16.5. The molecule has 0 aliphatic heterocycles. The third kappa shape index (κ3) is 4.90. The Morgan fingerprint density at radius 3 is 2.17 bits per heavy atom. The van der Waals surface area contributed by atoms with Crippen LogP contribution in [0.15, 0.2) is 66.7 Å². The topological polar surface area (TPSA) is 73.9 Å². The second kappa shape index (κ2) is 9.80. The minimum atomic E-state index is -0.616. The number of methoxy groups -OCH3 is 2. The molecule has 7 heteroatoms. The first-order valence-corrected chi connectivity index (χ1v) is 9.44. The van der Waals surface area contributed by atoms with Gasteiger partial charge in [-0.3, -0.25) is 4.79 Å². The molecule has 0 aromatic heterocycles. The molecule has 0 bridgehead atoms. The Labute approximate surface area is 179 Å². The molecule has 0 aliphatic carbocycles. The van der Waals surface area contributed by atoms with Crippen molar-refractivity contribution in [1.82, 2.24) is 0 Å². The third-order valence-electron chi connectivity index (χ3n) is 4.32. The predicted molar refractivity (Wildman–Crippen MR) is 115 cm³/mol. The lowest BCUT2D eigenvalue weighted by molar-refractivity contribution is 0.0473. The van der Waals surface area contributed by atoms with Crippen LogP contribution in [0.2, 0.25) is 5.02 Å². The summed E-state index contributed by atoms with van der Waals surface area (Å²) in [6.45, 7) is 0.0892. The van der Waals surface area contributed by atoms with E-state index in [-0.39, 0.29) is 23.4 Å². The summed E-state index contributed by atoms with van der Waals surface area (Å²) in [5, 5.41) is 3.01. The largest absolute Gasteiger partial charge is 0.493 e. The second-order valence-corrected chi connectivity index (χ2v) is 6.66. The van der Waals surface area contributed by atoms with Crippen LogP contribution in [0.25, 0.3) is 0 Å². The van der Waals surface area contributed by atoms with Gasteiger partial charge in [-0.1, -0.05) is 54.1 Å². The average Bonchev–Trinajstić information content (AvgIpc) is 2.78. The van der Waals surface area contributed by atoms with Crippen LogP contribution >= 0.6 is 11.6 Å². The van der Waals surface area contributed by atoms with E-state index in [1.54, 1.807) is 24.3 Å². The van der Waals surface area contributed by atoms with Crippen molar-refractivity contribution >= 4 is 29.2 Å². The van der Waals surface area contributed by atoms with E-state index >= 15 is 0 Å². The molecule has 3 rings (SSSR count). The van der Waals surface area contributed by atoms with Gasteiger partial charge in [-0.25, -0.2) is 4.79 Å². The van der Waals surface area contributed by atoms with Crippen molar-refractivity contribution in [3.05, 3.63) is 88.4 Å². The number of amides is 1. The number of rotatable bonds is 7. The Morgan fingerprint density at radius 1 is 0.867 bits per heavy atom. The molecule has 0 saturated heterocycles. The zero-order chi connectivity index (χ0) is 21.5. The van der Waals surface area contributed by atoms with Gasteiger partial charge < -0.3 is 19.5 Å². The summed E-state index contributed by atoms with van der Waals surface area (Å²) in [5.41, 5.74) is 1.46. The number of esters is 1. The fraction of sp³-hybridized carbons (Fsp3) is 0.130. The Morgan fingerprint density at radius 2 is 1.50 bits per heavy atom.